The highest BCUT2D eigenvalue weighted by atomic mass is 16.7. The van der Waals surface area contributed by atoms with E-state index in [1.807, 2.05) is 6.07 Å². The van der Waals surface area contributed by atoms with Gasteiger partial charge in [-0.25, -0.2) is 4.79 Å². The van der Waals surface area contributed by atoms with E-state index in [2.05, 4.69) is 4.74 Å². The third-order valence-corrected chi connectivity index (χ3v) is 3.65. The van der Waals surface area contributed by atoms with Crippen LogP contribution < -0.4 is 0 Å². The van der Waals surface area contributed by atoms with Gasteiger partial charge in [-0.05, 0) is 12.5 Å². The molecule has 0 N–H and O–H groups in total. The van der Waals surface area contributed by atoms with E-state index in [0.29, 0.717) is 0 Å². The van der Waals surface area contributed by atoms with Crippen molar-refractivity contribution in [2.75, 3.05) is 13.2 Å². The van der Waals surface area contributed by atoms with Crippen LogP contribution in [0.3, 0.4) is 0 Å². The lowest BCUT2D eigenvalue weighted by molar-refractivity contribution is -0.240. The van der Waals surface area contributed by atoms with Gasteiger partial charge in [-0.15, -0.1) is 0 Å². The quantitative estimate of drug-likeness (QED) is 0.437. The van der Waals surface area contributed by atoms with E-state index in [4.69, 9.17) is 14.2 Å². The van der Waals surface area contributed by atoms with Gasteiger partial charge >= 0.3 is 18.1 Å². The average molecular weight is 362 g/mol. The maximum absolute atomic E-state index is 12.4. The first kappa shape index (κ1) is 19.5. The van der Waals surface area contributed by atoms with Gasteiger partial charge in [0.15, 0.2) is 5.92 Å². The summed E-state index contributed by atoms with van der Waals surface area (Å²) in [5, 5.41) is 0. The van der Waals surface area contributed by atoms with Crippen molar-refractivity contribution in [1.82, 2.24) is 0 Å². The Hall–Kier alpha value is -2.83. The number of rotatable bonds is 6. The summed E-state index contributed by atoms with van der Waals surface area (Å²) in [7, 11) is 0. The second-order valence-corrected chi connectivity index (χ2v) is 6.08. The molecule has 1 aliphatic rings. The Morgan fingerprint density at radius 2 is 1.77 bits per heavy atom. The normalized spacial score (nSPS) is 18.1. The second-order valence-electron chi connectivity index (χ2n) is 6.08. The molecule has 1 aromatic rings. The Balaban J connectivity index is 2.18. The molecule has 0 unspecified atom stereocenters. The largest absolute Gasteiger partial charge is 0.508 e. The minimum absolute atomic E-state index is 0.0511. The Bertz CT molecular complexity index is 658. The van der Waals surface area contributed by atoms with Crippen LogP contribution in [0.2, 0.25) is 0 Å². The number of benzene rings is 1. The Kier molecular flexibility index (Phi) is 6.38. The van der Waals surface area contributed by atoms with Crippen molar-refractivity contribution in [2.24, 2.45) is 5.92 Å². The van der Waals surface area contributed by atoms with Crippen molar-refractivity contribution in [3.63, 3.8) is 0 Å². The number of carbonyl (C=O) groups is 3. The van der Waals surface area contributed by atoms with Crippen LogP contribution in [-0.2, 0) is 28.5 Å². The molecule has 1 aliphatic heterocycles. The van der Waals surface area contributed by atoms with Gasteiger partial charge in [0.05, 0.1) is 6.61 Å². The molecule has 140 valence electrons. The first-order valence-electron chi connectivity index (χ1n) is 8.31. The number of ether oxygens (including phenoxy) is 4. The van der Waals surface area contributed by atoms with E-state index in [9.17, 15) is 14.4 Å². The molecular formula is C19H22O7. The molecule has 0 aromatic heterocycles. The third kappa shape index (κ3) is 5.08. The zero-order valence-electron chi connectivity index (χ0n) is 15.0. The molecule has 1 saturated heterocycles. The molecule has 0 saturated carbocycles. The number of hydrogen-bond acceptors (Lipinski definition) is 7. The number of carbonyl (C=O) groups excluding carboxylic acids is 3. The molecule has 1 atom stereocenters. The highest BCUT2D eigenvalue weighted by Gasteiger charge is 2.46. The summed E-state index contributed by atoms with van der Waals surface area (Å²) in [5.74, 6) is -4.35. The summed E-state index contributed by atoms with van der Waals surface area (Å²) in [4.78, 5) is 36.0. The van der Waals surface area contributed by atoms with Crippen molar-refractivity contribution < 1.29 is 33.3 Å². The monoisotopic (exact) mass is 362 g/mol. The predicted molar refractivity (Wildman–Crippen MR) is 91.1 cm³/mol. The summed E-state index contributed by atoms with van der Waals surface area (Å²) < 4.78 is 20.0. The van der Waals surface area contributed by atoms with Gasteiger partial charge in [-0.3, -0.25) is 9.59 Å². The number of cyclic esters (lactones) is 2. The minimum Gasteiger partial charge on any atom is -0.435 e. The van der Waals surface area contributed by atoms with Crippen LogP contribution in [0, 0.1) is 5.92 Å². The third-order valence-electron chi connectivity index (χ3n) is 3.65. The first-order chi connectivity index (χ1) is 12.3. The zero-order valence-corrected chi connectivity index (χ0v) is 15.0. The van der Waals surface area contributed by atoms with Gasteiger partial charge in [-0.1, -0.05) is 42.5 Å². The van der Waals surface area contributed by atoms with Gasteiger partial charge in [0.2, 0.25) is 0 Å². The lowest BCUT2D eigenvalue weighted by atomic mass is 9.85. The molecule has 1 heterocycles. The SMILES string of the molecule is CCOC(=O)OC/C=C/[C@@H](c1ccccc1)C1C(=O)OC(C)(C)OC1=O. The fourth-order valence-electron chi connectivity index (χ4n) is 2.59. The molecule has 26 heavy (non-hydrogen) atoms. The number of allylic oxidation sites excluding steroid dienone is 1. The second kappa shape index (κ2) is 8.51. The van der Waals surface area contributed by atoms with E-state index in [1.54, 1.807) is 43.3 Å². The van der Waals surface area contributed by atoms with Crippen molar-refractivity contribution in [1.29, 1.82) is 0 Å². The standard InChI is InChI=1S/C19H22O7/c1-4-23-18(22)24-12-8-11-14(13-9-6-5-7-10-13)15-16(20)25-19(2,3)26-17(15)21/h5-11,14-15H,4,12H2,1-3H3/b11-8+/t14-/m0/s1. The van der Waals surface area contributed by atoms with Crippen LogP contribution in [0.1, 0.15) is 32.3 Å². The van der Waals surface area contributed by atoms with Crippen molar-refractivity contribution in [3.8, 4) is 0 Å². The van der Waals surface area contributed by atoms with E-state index in [-0.39, 0.29) is 13.2 Å². The Morgan fingerprint density at radius 3 is 2.35 bits per heavy atom. The molecule has 0 bridgehead atoms. The first-order valence-corrected chi connectivity index (χ1v) is 8.31. The Morgan fingerprint density at radius 1 is 1.15 bits per heavy atom. The van der Waals surface area contributed by atoms with E-state index in [0.717, 1.165) is 5.56 Å². The molecule has 0 spiro atoms. The van der Waals surface area contributed by atoms with Crippen molar-refractivity contribution in [2.45, 2.75) is 32.5 Å². The molecule has 2 rings (SSSR count). The fraction of sp³-hybridized carbons (Fsp3) is 0.421. The van der Waals surface area contributed by atoms with Gasteiger partial charge in [0.25, 0.3) is 5.79 Å². The molecular weight excluding hydrogens is 340 g/mol. The maximum atomic E-state index is 12.4. The van der Waals surface area contributed by atoms with Gasteiger partial charge in [0, 0.05) is 19.8 Å². The van der Waals surface area contributed by atoms with Crippen LogP contribution in [0.15, 0.2) is 42.5 Å². The average Bonchev–Trinajstić information content (AvgIpc) is 2.56. The van der Waals surface area contributed by atoms with Crippen LogP contribution in [0.4, 0.5) is 4.79 Å². The smallest absolute Gasteiger partial charge is 0.435 e. The molecule has 0 aliphatic carbocycles. The Labute approximate surface area is 151 Å². The molecule has 1 aromatic carbocycles. The molecule has 1 fully saturated rings. The number of esters is 2. The zero-order chi connectivity index (χ0) is 19.2. The summed E-state index contributed by atoms with van der Waals surface area (Å²) in [6.45, 7) is 4.83. The topological polar surface area (TPSA) is 88.1 Å². The van der Waals surface area contributed by atoms with Gasteiger partial charge in [0.1, 0.15) is 6.61 Å². The lowest BCUT2D eigenvalue weighted by Crippen LogP contribution is -2.48. The van der Waals surface area contributed by atoms with Crippen molar-refractivity contribution >= 4 is 18.1 Å². The highest BCUT2D eigenvalue weighted by Crippen LogP contribution is 2.34. The van der Waals surface area contributed by atoms with E-state index >= 15 is 0 Å². The fourth-order valence-corrected chi connectivity index (χ4v) is 2.59. The minimum atomic E-state index is -1.29. The number of hydrogen-bond donors (Lipinski definition) is 0. The maximum Gasteiger partial charge on any atom is 0.508 e. The van der Waals surface area contributed by atoms with E-state index in [1.165, 1.54) is 13.8 Å². The highest BCUT2D eigenvalue weighted by molar-refractivity contribution is 5.98. The molecule has 7 nitrogen and oxygen atoms in total. The van der Waals surface area contributed by atoms with Crippen LogP contribution in [0.25, 0.3) is 0 Å². The van der Waals surface area contributed by atoms with Crippen LogP contribution in [0.5, 0.6) is 0 Å². The van der Waals surface area contributed by atoms with Gasteiger partial charge in [-0.2, -0.15) is 0 Å². The molecule has 7 heteroatoms. The molecule has 0 radical (unpaired) electrons. The summed E-state index contributed by atoms with van der Waals surface area (Å²) >= 11 is 0. The molecule has 0 amide bonds. The van der Waals surface area contributed by atoms with Gasteiger partial charge < -0.3 is 18.9 Å². The summed E-state index contributed by atoms with van der Waals surface area (Å²) in [6.07, 6.45) is 2.39. The lowest BCUT2D eigenvalue weighted by Gasteiger charge is -2.35. The van der Waals surface area contributed by atoms with Crippen LogP contribution in [-0.4, -0.2) is 37.1 Å². The van der Waals surface area contributed by atoms with E-state index < -0.39 is 35.7 Å². The van der Waals surface area contributed by atoms with Crippen LogP contribution >= 0.6 is 0 Å². The van der Waals surface area contributed by atoms with Crippen molar-refractivity contribution in [3.05, 3.63) is 48.0 Å². The summed E-state index contributed by atoms with van der Waals surface area (Å²) in [6, 6.07) is 9.02. The predicted octanol–water partition coefficient (Wildman–Crippen LogP) is 2.95. The summed E-state index contributed by atoms with van der Waals surface area (Å²) in [5.41, 5.74) is 0.735.